The van der Waals surface area contributed by atoms with Crippen LogP contribution in [0, 0.1) is 0 Å². The normalized spacial score (nSPS) is 15.9. The van der Waals surface area contributed by atoms with Gasteiger partial charge in [0.1, 0.15) is 9.96 Å². The molecule has 0 saturated heterocycles. The number of carbonyl (C=O) groups excluding carboxylic acids is 2. The Morgan fingerprint density at radius 2 is 1.84 bits per heavy atom. The van der Waals surface area contributed by atoms with Crippen LogP contribution in [0.25, 0.3) is 0 Å². The molecule has 3 aromatic carbocycles. The van der Waals surface area contributed by atoms with Crippen molar-refractivity contribution in [1.29, 1.82) is 0 Å². The molecule has 0 fully saturated rings. The highest BCUT2D eigenvalue weighted by molar-refractivity contribution is 7.91. The van der Waals surface area contributed by atoms with E-state index in [4.69, 9.17) is 28.8 Å². The van der Waals surface area contributed by atoms with Crippen LogP contribution < -0.4 is 29.0 Å². The van der Waals surface area contributed by atoms with Gasteiger partial charge in [0.2, 0.25) is 11.8 Å². The summed E-state index contributed by atoms with van der Waals surface area (Å²) in [5.41, 5.74) is 3.49. The topological polar surface area (TPSA) is 170 Å². The summed E-state index contributed by atoms with van der Waals surface area (Å²) in [5.74, 6) is 2.16. The molecule has 2 amide bonds. The molecule has 0 aliphatic carbocycles. The van der Waals surface area contributed by atoms with Crippen LogP contribution in [-0.4, -0.2) is 77.2 Å². The zero-order valence-electron chi connectivity index (χ0n) is 28.1. The number of rotatable bonds is 6. The second kappa shape index (κ2) is 17.2. The van der Waals surface area contributed by atoms with Crippen LogP contribution in [0.5, 0.6) is 28.7 Å². The molecule has 1 aromatic heterocycles. The van der Waals surface area contributed by atoms with Crippen LogP contribution in [-0.2, 0) is 37.2 Å². The number of carbonyl (C=O) groups is 3. The van der Waals surface area contributed by atoms with E-state index in [1.54, 1.807) is 36.6 Å². The average Bonchev–Trinajstić information content (AvgIpc) is 3.69. The second-order valence-corrected chi connectivity index (χ2v) is 14.5. The largest absolute Gasteiger partial charge is 0.493 e. The van der Waals surface area contributed by atoms with E-state index in [1.807, 2.05) is 48.5 Å². The Hall–Kier alpha value is -5.12. The molecule has 0 saturated carbocycles. The van der Waals surface area contributed by atoms with Crippen LogP contribution in [0.15, 0.2) is 76.3 Å². The number of amides is 2. The van der Waals surface area contributed by atoms with Crippen molar-refractivity contribution in [2.75, 3.05) is 40.5 Å². The van der Waals surface area contributed by atoms with Gasteiger partial charge in [-0.25, -0.2) is 13.1 Å². The monoisotopic (exact) mass is 737 g/mol. The number of ether oxygens (including phenoxy) is 4. The summed E-state index contributed by atoms with van der Waals surface area (Å²) in [7, 11) is -0.741. The van der Waals surface area contributed by atoms with E-state index in [0.717, 1.165) is 33.6 Å². The summed E-state index contributed by atoms with van der Waals surface area (Å²) < 4.78 is 52.2. The molecule has 7 rings (SSSR count). The number of thiophene rings is 1. The fourth-order valence-electron chi connectivity index (χ4n) is 5.94. The SMILES string of the molecule is COc1ccc2cc1OCCCNC(=O)CCc1cccc(c1)Oc1cc3c(cc1OC)C2N(C(=O)CNS(=O)(=O)c1cccs1)CC3.O=CO. The van der Waals surface area contributed by atoms with E-state index in [-0.39, 0.29) is 22.5 Å². The third-order valence-electron chi connectivity index (χ3n) is 8.32. The first-order chi connectivity index (χ1) is 24.7. The van der Waals surface area contributed by atoms with E-state index < -0.39 is 22.6 Å². The van der Waals surface area contributed by atoms with Gasteiger partial charge in [0, 0.05) is 19.5 Å². The standard InChI is InChI=1S/C35H37N3O8S2.CH2O2/c1-43-28-11-10-25-20-30(28)45-16-5-14-36-32(39)12-9-23-6-3-7-26(18-23)46-31-19-24-13-15-38(35(25)27(24)21-29(31)44-2)33(40)22-37-48(41,42)34-8-4-17-47-34;2-1-3/h3-4,6-8,10-11,17-21,35,37H,5,9,12-16,22H2,1-2H3,(H,36,39);1H,(H,2,3). The Balaban J connectivity index is 0.00000162. The Kier molecular flexibility index (Phi) is 12.5. The lowest BCUT2D eigenvalue weighted by Gasteiger charge is -2.38. The molecule has 1 atom stereocenters. The van der Waals surface area contributed by atoms with Crippen LogP contribution >= 0.6 is 11.3 Å². The minimum absolute atomic E-state index is 0.0513. The predicted molar refractivity (Wildman–Crippen MR) is 189 cm³/mol. The number of nitrogens with one attached hydrogen (secondary N) is 2. The number of nitrogens with zero attached hydrogens (tertiary/aromatic N) is 1. The smallest absolute Gasteiger partial charge is 0.290 e. The minimum Gasteiger partial charge on any atom is -0.493 e. The van der Waals surface area contributed by atoms with Gasteiger partial charge >= 0.3 is 0 Å². The second-order valence-electron chi connectivity index (χ2n) is 11.5. The molecule has 3 aliphatic rings. The summed E-state index contributed by atoms with van der Waals surface area (Å²) >= 11 is 1.08. The lowest BCUT2D eigenvalue weighted by Crippen LogP contribution is -2.45. The fraction of sp³-hybridized carbons (Fsp3) is 0.306. The molecule has 0 radical (unpaired) electrons. The van der Waals surface area contributed by atoms with Gasteiger partial charge < -0.3 is 34.3 Å². The molecule has 15 heteroatoms. The van der Waals surface area contributed by atoms with Gasteiger partial charge in [0.05, 0.1) is 33.4 Å². The summed E-state index contributed by atoms with van der Waals surface area (Å²) in [5, 5.41) is 11.5. The molecule has 270 valence electrons. The molecule has 3 N–H and O–H groups in total. The van der Waals surface area contributed by atoms with Crippen molar-refractivity contribution < 1.29 is 46.9 Å². The molecular formula is C36H39N3O10S2. The first kappa shape index (κ1) is 37.1. The van der Waals surface area contributed by atoms with E-state index in [2.05, 4.69) is 10.0 Å². The molecule has 1 unspecified atom stereocenters. The van der Waals surface area contributed by atoms with Crippen molar-refractivity contribution in [2.24, 2.45) is 0 Å². The quantitative estimate of drug-likeness (QED) is 0.239. The summed E-state index contributed by atoms with van der Waals surface area (Å²) in [4.78, 5) is 36.4. The lowest BCUT2D eigenvalue weighted by molar-refractivity contribution is -0.132. The molecule has 4 heterocycles. The maximum Gasteiger partial charge on any atom is 0.290 e. The van der Waals surface area contributed by atoms with Gasteiger partial charge in [-0.15, -0.1) is 11.3 Å². The van der Waals surface area contributed by atoms with Gasteiger partial charge in [0.25, 0.3) is 16.5 Å². The van der Waals surface area contributed by atoms with E-state index >= 15 is 0 Å². The number of benzene rings is 3. The van der Waals surface area contributed by atoms with Crippen molar-refractivity contribution in [3.8, 4) is 28.7 Å². The summed E-state index contributed by atoms with van der Waals surface area (Å²) in [6.45, 7) is 0.447. The number of sulfonamides is 1. The number of carboxylic acid groups (broad SMARTS) is 1. The summed E-state index contributed by atoms with van der Waals surface area (Å²) in [6, 6.07) is 19.5. The van der Waals surface area contributed by atoms with Gasteiger partial charge in [-0.2, -0.15) is 0 Å². The zero-order chi connectivity index (χ0) is 36.4. The van der Waals surface area contributed by atoms with Crippen molar-refractivity contribution in [3.05, 3.63) is 94.4 Å². The first-order valence-electron chi connectivity index (χ1n) is 16.1. The van der Waals surface area contributed by atoms with Crippen LogP contribution in [0.3, 0.4) is 0 Å². The van der Waals surface area contributed by atoms with Gasteiger partial charge in [0.15, 0.2) is 23.0 Å². The van der Waals surface area contributed by atoms with Crippen LogP contribution in [0.1, 0.15) is 41.1 Å². The van der Waals surface area contributed by atoms with E-state index in [1.165, 1.54) is 6.07 Å². The molecule has 51 heavy (non-hydrogen) atoms. The first-order valence-corrected chi connectivity index (χ1v) is 18.5. The number of aryl methyl sites for hydroxylation is 1. The van der Waals surface area contributed by atoms with Crippen molar-refractivity contribution in [3.63, 3.8) is 0 Å². The Bertz CT molecular complexity index is 1950. The van der Waals surface area contributed by atoms with E-state index in [9.17, 15) is 18.0 Å². The third kappa shape index (κ3) is 9.17. The van der Waals surface area contributed by atoms with Gasteiger partial charge in [-0.1, -0.05) is 24.3 Å². The molecule has 8 bridgehead atoms. The number of hydrogen-bond donors (Lipinski definition) is 3. The van der Waals surface area contributed by atoms with Gasteiger partial charge in [-0.05, 0) is 89.4 Å². The van der Waals surface area contributed by atoms with Crippen molar-refractivity contribution in [1.82, 2.24) is 14.9 Å². The number of hydrogen-bond acceptors (Lipinski definition) is 10. The minimum atomic E-state index is -3.85. The maximum atomic E-state index is 13.9. The molecule has 4 aromatic rings. The van der Waals surface area contributed by atoms with Crippen LogP contribution in [0.2, 0.25) is 0 Å². The third-order valence-corrected chi connectivity index (χ3v) is 11.1. The highest BCUT2D eigenvalue weighted by Gasteiger charge is 2.34. The number of methoxy groups -OCH3 is 2. The molecular weight excluding hydrogens is 699 g/mol. The number of fused-ring (bicyclic) bond motifs is 8. The Morgan fingerprint density at radius 1 is 1.04 bits per heavy atom. The molecule has 13 nitrogen and oxygen atoms in total. The lowest BCUT2D eigenvalue weighted by atomic mass is 9.87. The zero-order valence-corrected chi connectivity index (χ0v) is 29.8. The summed E-state index contributed by atoms with van der Waals surface area (Å²) in [6.07, 6.45) is 1.97. The van der Waals surface area contributed by atoms with Crippen molar-refractivity contribution in [2.45, 2.75) is 35.9 Å². The van der Waals surface area contributed by atoms with E-state index in [0.29, 0.717) is 74.1 Å². The predicted octanol–water partition coefficient (Wildman–Crippen LogP) is 4.54. The highest BCUT2D eigenvalue weighted by Crippen LogP contribution is 2.44. The van der Waals surface area contributed by atoms with Crippen molar-refractivity contribution >= 4 is 39.6 Å². The van der Waals surface area contributed by atoms with Crippen LogP contribution in [0.4, 0.5) is 0 Å². The highest BCUT2D eigenvalue weighted by atomic mass is 32.2. The Morgan fingerprint density at radius 3 is 2.59 bits per heavy atom. The molecule has 0 spiro atoms. The average molecular weight is 738 g/mol. The molecule has 3 aliphatic heterocycles. The maximum absolute atomic E-state index is 13.9. The fourth-order valence-corrected chi connectivity index (χ4v) is 7.95. The van der Waals surface area contributed by atoms with Gasteiger partial charge in [-0.3, -0.25) is 14.4 Å². The Labute approximate surface area is 300 Å².